The molecule has 0 spiro atoms. The first-order valence-electron chi connectivity index (χ1n) is 5.12. The van der Waals surface area contributed by atoms with Gasteiger partial charge in [-0.25, -0.2) is 0 Å². The first-order valence-corrected chi connectivity index (χ1v) is 5.12. The lowest BCUT2D eigenvalue weighted by Gasteiger charge is -2.10. The van der Waals surface area contributed by atoms with Crippen LogP contribution in [0.25, 0.3) is 0 Å². The molecule has 1 rings (SSSR count). The number of nitrogens with one attached hydrogen (secondary N) is 1. The van der Waals surface area contributed by atoms with Crippen LogP contribution < -0.4 is 5.32 Å². The zero-order valence-electron chi connectivity index (χ0n) is 9.60. The van der Waals surface area contributed by atoms with Gasteiger partial charge in [0.15, 0.2) is 0 Å². The Hall–Kier alpha value is -1.46. The number of likely N-dealkylation sites (N-methyl/N-ethyl adjacent to an activating group) is 1. The molecule has 0 saturated heterocycles. The van der Waals surface area contributed by atoms with Crippen molar-refractivity contribution in [3.05, 3.63) is 29.6 Å². The Kier molecular flexibility index (Phi) is 4.88. The van der Waals surface area contributed by atoms with E-state index in [9.17, 15) is 4.79 Å². The number of carbonyl (C=O) groups is 1. The summed E-state index contributed by atoms with van der Waals surface area (Å²) in [6.07, 6.45) is 1.52. The number of rotatable bonds is 5. The summed E-state index contributed by atoms with van der Waals surface area (Å²) in [5.74, 6) is -0.140. The van der Waals surface area contributed by atoms with Crippen LogP contribution in [0.4, 0.5) is 0 Å². The summed E-state index contributed by atoms with van der Waals surface area (Å²) in [4.78, 5) is 17.6. The van der Waals surface area contributed by atoms with Crippen LogP contribution >= 0.6 is 0 Å². The number of aliphatic hydroxyl groups excluding tert-OH is 1. The number of hydrogen-bond donors (Lipinski definition) is 2. The Morgan fingerprint density at radius 2 is 2.31 bits per heavy atom. The van der Waals surface area contributed by atoms with Gasteiger partial charge in [0.25, 0.3) is 5.91 Å². The van der Waals surface area contributed by atoms with Crippen molar-refractivity contribution in [3.8, 4) is 0 Å². The molecule has 0 aromatic carbocycles. The maximum atomic E-state index is 11.7. The smallest absolute Gasteiger partial charge is 0.251 e. The molecule has 2 N–H and O–H groups in total. The average Bonchev–Trinajstić information content (AvgIpc) is 2.28. The molecule has 0 aliphatic rings. The van der Waals surface area contributed by atoms with Crippen molar-refractivity contribution in [2.45, 2.75) is 6.61 Å². The Morgan fingerprint density at radius 1 is 1.56 bits per heavy atom. The lowest BCUT2D eigenvalue weighted by atomic mass is 10.2. The monoisotopic (exact) mass is 223 g/mol. The summed E-state index contributed by atoms with van der Waals surface area (Å²) in [5.41, 5.74) is 1.03. The van der Waals surface area contributed by atoms with Crippen molar-refractivity contribution in [1.82, 2.24) is 15.2 Å². The molecule has 0 radical (unpaired) electrons. The molecular formula is C11H17N3O2. The van der Waals surface area contributed by atoms with Crippen LogP contribution in [-0.2, 0) is 6.61 Å². The SMILES string of the molecule is CN(C)CCNC(=O)c1ccnc(CO)c1. The molecule has 1 amide bonds. The molecule has 88 valence electrons. The van der Waals surface area contributed by atoms with E-state index in [0.717, 1.165) is 6.54 Å². The second-order valence-electron chi connectivity index (χ2n) is 3.75. The Bertz CT molecular complexity index is 353. The minimum absolute atomic E-state index is 0.140. The van der Waals surface area contributed by atoms with Crippen LogP contribution in [0.5, 0.6) is 0 Å². The van der Waals surface area contributed by atoms with Crippen molar-refractivity contribution in [1.29, 1.82) is 0 Å². The van der Waals surface area contributed by atoms with Crippen molar-refractivity contribution < 1.29 is 9.90 Å². The van der Waals surface area contributed by atoms with Crippen LogP contribution in [0.3, 0.4) is 0 Å². The number of hydrogen-bond acceptors (Lipinski definition) is 4. The van der Waals surface area contributed by atoms with Gasteiger partial charge in [0, 0.05) is 24.8 Å². The van der Waals surface area contributed by atoms with Crippen LogP contribution in [0, 0.1) is 0 Å². The number of pyridine rings is 1. The molecular weight excluding hydrogens is 206 g/mol. The lowest BCUT2D eigenvalue weighted by molar-refractivity contribution is 0.0950. The fourth-order valence-electron chi connectivity index (χ4n) is 1.20. The largest absolute Gasteiger partial charge is 0.390 e. The number of aliphatic hydroxyl groups is 1. The molecule has 1 aromatic heterocycles. The molecule has 16 heavy (non-hydrogen) atoms. The predicted octanol–water partition coefficient (Wildman–Crippen LogP) is -0.135. The number of amides is 1. The normalized spacial score (nSPS) is 10.5. The molecule has 5 nitrogen and oxygen atoms in total. The van der Waals surface area contributed by atoms with E-state index >= 15 is 0 Å². The van der Waals surface area contributed by atoms with E-state index < -0.39 is 0 Å². The van der Waals surface area contributed by atoms with E-state index in [1.54, 1.807) is 12.1 Å². The van der Waals surface area contributed by atoms with Gasteiger partial charge in [-0.15, -0.1) is 0 Å². The molecule has 0 saturated carbocycles. The Balaban J connectivity index is 2.52. The van der Waals surface area contributed by atoms with Gasteiger partial charge in [0.05, 0.1) is 12.3 Å². The second kappa shape index (κ2) is 6.19. The highest BCUT2D eigenvalue weighted by molar-refractivity contribution is 5.94. The highest BCUT2D eigenvalue weighted by Crippen LogP contribution is 2.01. The molecule has 0 fully saturated rings. The summed E-state index contributed by atoms with van der Waals surface area (Å²) < 4.78 is 0. The summed E-state index contributed by atoms with van der Waals surface area (Å²) >= 11 is 0. The predicted molar refractivity (Wildman–Crippen MR) is 61.0 cm³/mol. The number of nitrogens with zero attached hydrogens (tertiary/aromatic N) is 2. The van der Waals surface area contributed by atoms with Gasteiger partial charge < -0.3 is 15.3 Å². The zero-order chi connectivity index (χ0) is 12.0. The van der Waals surface area contributed by atoms with Gasteiger partial charge in [-0.3, -0.25) is 9.78 Å². The zero-order valence-corrected chi connectivity index (χ0v) is 9.60. The number of carbonyl (C=O) groups excluding carboxylic acids is 1. The minimum Gasteiger partial charge on any atom is -0.390 e. The van der Waals surface area contributed by atoms with Gasteiger partial charge >= 0.3 is 0 Å². The Morgan fingerprint density at radius 3 is 2.94 bits per heavy atom. The van der Waals surface area contributed by atoms with E-state index in [2.05, 4.69) is 10.3 Å². The van der Waals surface area contributed by atoms with E-state index in [-0.39, 0.29) is 12.5 Å². The molecule has 0 bridgehead atoms. The van der Waals surface area contributed by atoms with Gasteiger partial charge in [0.2, 0.25) is 0 Å². The van der Waals surface area contributed by atoms with E-state index in [1.165, 1.54) is 6.20 Å². The molecule has 0 aliphatic heterocycles. The lowest BCUT2D eigenvalue weighted by Crippen LogP contribution is -2.31. The molecule has 0 atom stereocenters. The van der Waals surface area contributed by atoms with Crippen LogP contribution in [-0.4, -0.2) is 48.1 Å². The van der Waals surface area contributed by atoms with E-state index in [4.69, 9.17) is 5.11 Å². The third kappa shape index (κ3) is 3.96. The molecule has 1 aromatic rings. The third-order valence-corrected chi connectivity index (χ3v) is 2.09. The third-order valence-electron chi connectivity index (χ3n) is 2.09. The van der Waals surface area contributed by atoms with Crippen molar-refractivity contribution in [3.63, 3.8) is 0 Å². The minimum atomic E-state index is -0.154. The first kappa shape index (κ1) is 12.6. The average molecular weight is 223 g/mol. The fourth-order valence-corrected chi connectivity index (χ4v) is 1.20. The van der Waals surface area contributed by atoms with E-state index in [1.807, 2.05) is 19.0 Å². The summed E-state index contributed by atoms with van der Waals surface area (Å²) in [6, 6.07) is 3.22. The molecule has 5 heteroatoms. The molecule has 0 unspecified atom stereocenters. The van der Waals surface area contributed by atoms with E-state index in [0.29, 0.717) is 17.8 Å². The number of aromatic nitrogens is 1. The van der Waals surface area contributed by atoms with Crippen molar-refractivity contribution in [2.75, 3.05) is 27.2 Å². The van der Waals surface area contributed by atoms with Gasteiger partial charge in [-0.1, -0.05) is 0 Å². The van der Waals surface area contributed by atoms with Gasteiger partial charge in [-0.2, -0.15) is 0 Å². The van der Waals surface area contributed by atoms with Gasteiger partial charge in [-0.05, 0) is 26.2 Å². The summed E-state index contributed by atoms with van der Waals surface area (Å²) in [5, 5.41) is 11.7. The highest BCUT2D eigenvalue weighted by Gasteiger charge is 2.05. The fraction of sp³-hybridized carbons (Fsp3) is 0.455. The van der Waals surface area contributed by atoms with Crippen molar-refractivity contribution in [2.24, 2.45) is 0 Å². The van der Waals surface area contributed by atoms with Gasteiger partial charge in [0.1, 0.15) is 0 Å². The highest BCUT2D eigenvalue weighted by atomic mass is 16.3. The van der Waals surface area contributed by atoms with Crippen LogP contribution in [0.2, 0.25) is 0 Å². The summed E-state index contributed by atoms with van der Waals surface area (Å²) in [6.45, 7) is 1.24. The topological polar surface area (TPSA) is 65.5 Å². The summed E-state index contributed by atoms with van der Waals surface area (Å²) in [7, 11) is 3.89. The van der Waals surface area contributed by atoms with Crippen molar-refractivity contribution >= 4 is 5.91 Å². The molecule has 0 aliphatic carbocycles. The standard InChI is InChI=1S/C11H17N3O2/c1-14(2)6-5-13-11(16)9-3-4-12-10(7-9)8-15/h3-4,7,15H,5-6,8H2,1-2H3,(H,13,16). The maximum absolute atomic E-state index is 11.7. The second-order valence-corrected chi connectivity index (χ2v) is 3.75. The maximum Gasteiger partial charge on any atom is 0.251 e. The van der Waals surface area contributed by atoms with Crippen LogP contribution in [0.15, 0.2) is 18.3 Å². The Labute approximate surface area is 95.1 Å². The first-order chi connectivity index (χ1) is 7.63. The quantitative estimate of drug-likeness (QED) is 0.729. The molecule has 1 heterocycles. The van der Waals surface area contributed by atoms with Crippen LogP contribution in [0.1, 0.15) is 16.1 Å².